The second-order valence-electron chi connectivity index (χ2n) is 14.8. The van der Waals surface area contributed by atoms with E-state index in [1.54, 1.807) is 0 Å². The zero-order valence-electron chi connectivity index (χ0n) is 28.7. The van der Waals surface area contributed by atoms with Crippen molar-refractivity contribution >= 4 is 64.6 Å². The summed E-state index contributed by atoms with van der Waals surface area (Å²) in [6.07, 6.45) is 0. The first-order valence-electron chi connectivity index (χ1n) is 18.0. The average molecular weight is 647 g/mol. The van der Waals surface area contributed by atoms with Gasteiger partial charge in [0.2, 0.25) is 0 Å². The minimum atomic E-state index is -0.123. The van der Waals surface area contributed by atoms with E-state index in [4.69, 9.17) is 0 Å². The van der Waals surface area contributed by atoms with Gasteiger partial charge in [0.25, 0.3) is 0 Å². The van der Waals surface area contributed by atoms with Crippen LogP contribution in [-0.2, 0) is 5.41 Å². The van der Waals surface area contributed by atoms with Gasteiger partial charge in [0.15, 0.2) is 0 Å². The normalized spacial score (nSPS) is 13.5. The Hall–Kier alpha value is -6.24. The largest absolute Gasteiger partial charge is 0.0616 e. The van der Waals surface area contributed by atoms with Gasteiger partial charge in [-0.3, -0.25) is 0 Å². The second kappa shape index (κ2) is 10.4. The third-order valence-corrected chi connectivity index (χ3v) is 11.8. The van der Waals surface area contributed by atoms with E-state index in [0.29, 0.717) is 0 Å². The van der Waals surface area contributed by atoms with E-state index >= 15 is 0 Å². The number of rotatable bonds is 2. The summed E-state index contributed by atoms with van der Waals surface area (Å²) in [6.45, 7) is 4.81. The fourth-order valence-corrected chi connectivity index (χ4v) is 9.58. The van der Waals surface area contributed by atoms with Crippen LogP contribution in [0.2, 0.25) is 0 Å². The SMILES string of the molecule is CC1(C)c2ccc(-c3c4ccccc4c(-c4ccc5c(ccc6ccccc65)c4)c4ccccc34)cc2-c2c1c1ccccc1c1ccccc21. The van der Waals surface area contributed by atoms with Crippen LogP contribution in [0.15, 0.2) is 170 Å². The Bertz CT molecular complexity index is 3050. The van der Waals surface area contributed by atoms with Crippen molar-refractivity contribution in [1.29, 1.82) is 0 Å². The zero-order valence-corrected chi connectivity index (χ0v) is 28.7. The molecule has 0 bridgehead atoms. The monoisotopic (exact) mass is 646 g/mol. The van der Waals surface area contributed by atoms with Crippen molar-refractivity contribution in [2.75, 3.05) is 0 Å². The molecule has 238 valence electrons. The lowest BCUT2D eigenvalue weighted by Crippen LogP contribution is -2.15. The van der Waals surface area contributed by atoms with Crippen LogP contribution in [0.4, 0.5) is 0 Å². The lowest BCUT2D eigenvalue weighted by Gasteiger charge is -2.24. The van der Waals surface area contributed by atoms with Crippen LogP contribution in [-0.4, -0.2) is 0 Å². The molecule has 0 aromatic heterocycles. The molecule has 1 aliphatic carbocycles. The highest BCUT2D eigenvalue weighted by atomic mass is 14.4. The molecular formula is C51H34. The summed E-state index contributed by atoms with van der Waals surface area (Å²) in [4.78, 5) is 0. The number of hydrogen-bond donors (Lipinski definition) is 0. The first kappa shape index (κ1) is 28.6. The van der Waals surface area contributed by atoms with E-state index in [2.05, 4.69) is 184 Å². The van der Waals surface area contributed by atoms with Crippen LogP contribution in [0.5, 0.6) is 0 Å². The molecule has 0 heteroatoms. The molecule has 0 unspecified atom stereocenters. The highest BCUT2D eigenvalue weighted by Crippen LogP contribution is 2.56. The highest BCUT2D eigenvalue weighted by molar-refractivity contribution is 6.23. The van der Waals surface area contributed by atoms with Crippen molar-refractivity contribution in [3.8, 4) is 33.4 Å². The Labute approximate surface area is 297 Å². The van der Waals surface area contributed by atoms with Gasteiger partial charge in [0.1, 0.15) is 0 Å². The molecule has 0 nitrogen and oxygen atoms in total. The first-order valence-corrected chi connectivity index (χ1v) is 18.0. The summed E-state index contributed by atoms with van der Waals surface area (Å²) >= 11 is 0. The quantitative estimate of drug-likeness (QED) is 0.129. The van der Waals surface area contributed by atoms with Crippen LogP contribution in [0.3, 0.4) is 0 Å². The third-order valence-electron chi connectivity index (χ3n) is 11.8. The third kappa shape index (κ3) is 3.91. The molecule has 51 heavy (non-hydrogen) atoms. The molecule has 0 amide bonds. The minimum absolute atomic E-state index is 0.123. The minimum Gasteiger partial charge on any atom is -0.0616 e. The molecule has 10 aromatic carbocycles. The van der Waals surface area contributed by atoms with Crippen molar-refractivity contribution in [3.05, 3.63) is 181 Å². The molecule has 10 aromatic rings. The summed E-state index contributed by atoms with van der Waals surface area (Å²) < 4.78 is 0. The smallest absolute Gasteiger partial charge is 0.0165 e. The first-order chi connectivity index (χ1) is 25.1. The van der Waals surface area contributed by atoms with Gasteiger partial charge in [-0.05, 0) is 121 Å². The molecule has 0 saturated carbocycles. The summed E-state index contributed by atoms with van der Waals surface area (Å²) in [7, 11) is 0. The molecule has 0 radical (unpaired) electrons. The summed E-state index contributed by atoms with van der Waals surface area (Å²) in [5.41, 5.74) is 10.6. The fraction of sp³-hybridized carbons (Fsp3) is 0.0588. The molecule has 0 atom stereocenters. The Morgan fingerprint density at radius 2 is 0.745 bits per heavy atom. The van der Waals surface area contributed by atoms with Crippen molar-refractivity contribution < 1.29 is 0 Å². The maximum absolute atomic E-state index is 2.50. The number of fused-ring (bicyclic) bond motifs is 13. The van der Waals surface area contributed by atoms with Gasteiger partial charge < -0.3 is 0 Å². The molecule has 0 saturated heterocycles. The fourth-order valence-electron chi connectivity index (χ4n) is 9.58. The molecule has 0 N–H and O–H groups in total. The Morgan fingerprint density at radius 3 is 1.37 bits per heavy atom. The lowest BCUT2D eigenvalue weighted by atomic mass is 9.79. The van der Waals surface area contributed by atoms with E-state index in [9.17, 15) is 0 Å². The van der Waals surface area contributed by atoms with Crippen LogP contribution in [0, 0.1) is 0 Å². The molecule has 0 aliphatic heterocycles. The van der Waals surface area contributed by atoms with Crippen LogP contribution >= 0.6 is 0 Å². The number of benzene rings is 10. The van der Waals surface area contributed by atoms with Crippen molar-refractivity contribution in [3.63, 3.8) is 0 Å². The van der Waals surface area contributed by atoms with Crippen LogP contribution < -0.4 is 0 Å². The van der Waals surface area contributed by atoms with Gasteiger partial charge in [0, 0.05) is 5.41 Å². The van der Waals surface area contributed by atoms with E-state index in [1.807, 2.05) is 0 Å². The van der Waals surface area contributed by atoms with Gasteiger partial charge in [-0.25, -0.2) is 0 Å². The van der Waals surface area contributed by atoms with Crippen LogP contribution in [0.25, 0.3) is 98.0 Å². The van der Waals surface area contributed by atoms with Gasteiger partial charge in [-0.15, -0.1) is 0 Å². The van der Waals surface area contributed by atoms with Gasteiger partial charge in [-0.2, -0.15) is 0 Å². The molecule has 0 heterocycles. The summed E-state index contributed by atoms with van der Waals surface area (Å²) in [5, 5.41) is 15.6. The van der Waals surface area contributed by atoms with Gasteiger partial charge in [0.05, 0.1) is 0 Å². The Balaban J connectivity index is 1.20. The average Bonchev–Trinajstić information content (AvgIpc) is 3.42. The molecule has 0 fully saturated rings. The molecular weight excluding hydrogens is 613 g/mol. The topological polar surface area (TPSA) is 0 Å². The summed E-state index contributed by atoms with van der Waals surface area (Å²) in [6, 6.07) is 63.6. The van der Waals surface area contributed by atoms with Gasteiger partial charge in [-0.1, -0.05) is 172 Å². The maximum Gasteiger partial charge on any atom is 0.0165 e. The van der Waals surface area contributed by atoms with Gasteiger partial charge >= 0.3 is 0 Å². The Kier molecular flexibility index (Phi) is 5.82. The highest BCUT2D eigenvalue weighted by Gasteiger charge is 2.38. The van der Waals surface area contributed by atoms with Crippen molar-refractivity contribution in [2.45, 2.75) is 19.3 Å². The lowest BCUT2D eigenvalue weighted by molar-refractivity contribution is 0.666. The van der Waals surface area contributed by atoms with E-state index in [-0.39, 0.29) is 5.41 Å². The van der Waals surface area contributed by atoms with E-state index in [0.717, 1.165) is 0 Å². The predicted molar refractivity (Wildman–Crippen MR) is 220 cm³/mol. The van der Waals surface area contributed by atoms with Crippen LogP contribution in [0.1, 0.15) is 25.0 Å². The molecule has 11 rings (SSSR count). The zero-order chi connectivity index (χ0) is 33.8. The second-order valence-corrected chi connectivity index (χ2v) is 14.8. The Morgan fingerprint density at radius 1 is 0.314 bits per heavy atom. The van der Waals surface area contributed by atoms with E-state index < -0.39 is 0 Å². The predicted octanol–water partition coefficient (Wildman–Crippen LogP) is 14.2. The van der Waals surface area contributed by atoms with Crippen molar-refractivity contribution in [2.24, 2.45) is 0 Å². The van der Waals surface area contributed by atoms with Crippen molar-refractivity contribution in [1.82, 2.24) is 0 Å². The number of hydrogen-bond acceptors (Lipinski definition) is 0. The van der Waals surface area contributed by atoms with E-state index in [1.165, 1.54) is 109 Å². The maximum atomic E-state index is 2.50. The standard InChI is InChI=1S/C51H34/c1-51(2)46-28-26-34(30-45(46)49-39-17-7-5-15-37(39)38-16-6-12-22-44(38)50(49)51)48-42-20-10-8-18-40(42)47(41-19-9-11-21-43(41)48)33-25-27-36-32(29-33)24-23-31-13-3-4-14-35(31)36/h3-30H,1-2H3. The summed E-state index contributed by atoms with van der Waals surface area (Å²) in [5.74, 6) is 0. The molecule has 0 spiro atoms. The molecule has 1 aliphatic rings.